The summed E-state index contributed by atoms with van der Waals surface area (Å²) < 4.78 is 0. The third kappa shape index (κ3) is 3.66. The summed E-state index contributed by atoms with van der Waals surface area (Å²) in [4.78, 5) is 0. The summed E-state index contributed by atoms with van der Waals surface area (Å²) in [6.45, 7) is 2.33. The van der Waals surface area contributed by atoms with Crippen LogP contribution in [0, 0.1) is 0 Å². The van der Waals surface area contributed by atoms with Crippen LogP contribution in [0.1, 0.15) is 40.3 Å². The van der Waals surface area contributed by atoms with Crippen molar-refractivity contribution in [2.24, 2.45) is 0 Å². The van der Waals surface area contributed by atoms with E-state index in [0.717, 1.165) is 9.52 Å². The minimum Gasteiger partial charge on any atom is -0.0796 e. The average molecular weight is 525 g/mol. The van der Waals surface area contributed by atoms with E-state index in [0.29, 0.717) is 11.1 Å². The summed E-state index contributed by atoms with van der Waals surface area (Å²) >= 11 is 0. The molecular formula is C39H28Si. The van der Waals surface area contributed by atoms with Gasteiger partial charge in [0.1, 0.15) is 0 Å². The lowest BCUT2D eigenvalue weighted by Crippen LogP contribution is -2.15. The molecule has 0 saturated heterocycles. The number of fused-ring (bicyclic) bond motifs is 4. The smallest absolute Gasteiger partial charge is 0.0674 e. The van der Waals surface area contributed by atoms with E-state index in [9.17, 15) is 0 Å². The summed E-state index contributed by atoms with van der Waals surface area (Å²) in [5, 5.41) is 5.24. The van der Waals surface area contributed by atoms with Crippen LogP contribution in [0.5, 0.6) is 0 Å². The number of allylic oxidation sites excluding steroid dienone is 2. The zero-order valence-electron chi connectivity index (χ0n) is 22.4. The molecule has 0 bridgehead atoms. The molecule has 0 spiro atoms. The summed E-state index contributed by atoms with van der Waals surface area (Å²) in [6.07, 6.45) is 7.29. The molecule has 2 aliphatic carbocycles. The van der Waals surface area contributed by atoms with Gasteiger partial charge in [-0.2, -0.15) is 0 Å². The van der Waals surface area contributed by atoms with Crippen molar-refractivity contribution in [1.29, 1.82) is 0 Å². The minimum absolute atomic E-state index is 0.436. The molecule has 6 aromatic carbocycles. The van der Waals surface area contributed by atoms with Gasteiger partial charge in [0.15, 0.2) is 0 Å². The Balaban J connectivity index is 1.17. The van der Waals surface area contributed by atoms with Crippen molar-refractivity contribution in [3.05, 3.63) is 155 Å². The largest absolute Gasteiger partial charge is 0.0796 e. The maximum Gasteiger partial charge on any atom is 0.0674 e. The zero-order valence-corrected chi connectivity index (χ0v) is 23.4. The van der Waals surface area contributed by atoms with Crippen molar-refractivity contribution in [3.8, 4) is 22.3 Å². The molecule has 0 saturated carbocycles. The first-order chi connectivity index (χ1) is 19.8. The summed E-state index contributed by atoms with van der Waals surface area (Å²) in [5.74, 6) is 0. The molecule has 1 heteroatoms. The Morgan fingerprint density at radius 1 is 0.500 bits per heavy atom. The van der Waals surface area contributed by atoms with Gasteiger partial charge in [-0.3, -0.25) is 0 Å². The highest BCUT2D eigenvalue weighted by atomic mass is 28.2. The third-order valence-electron chi connectivity index (χ3n) is 8.71. The first kappa shape index (κ1) is 23.4. The van der Waals surface area contributed by atoms with Gasteiger partial charge in [0.2, 0.25) is 0 Å². The molecule has 2 atom stereocenters. The highest BCUT2D eigenvalue weighted by molar-refractivity contribution is 6.43. The molecule has 0 amide bonds. The van der Waals surface area contributed by atoms with E-state index in [1.807, 2.05) is 0 Å². The fourth-order valence-electron chi connectivity index (χ4n) is 6.82. The number of benzene rings is 6. The van der Waals surface area contributed by atoms with E-state index in [1.165, 1.54) is 71.6 Å². The molecule has 2 radical (unpaired) electrons. The summed E-state index contributed by atoms with van der Waals surface area (Å²) in [7, 11) is 0.769. The third-order valence-corrected chi connectivity index (χ3v) is 10.7. The van der Waals surface area contributed by atoms with Gasteiger partial charge in [-0.1, -0.05) is 145 Å². The summed E-state index contributed by atoms with van der Waals surface area (Å²) in [5.41, 5.74) is 13.5. The van der Waals surface area contributed by atoms with Gasteiger partial charge in [-0.25, -0.2) is 0 Å². The Morgan fingerprint density at radius 2 is 1.02 bits per heavy atom. The fraction of sp³-hybridized carbons (Fsp3) is 0.0769. The maximum absolute atomic E-state index is 2.46. The Kier molecular flexibility index (Phi) is 5.46. The fourth-order valence-corrected chi connectivity index (χ4v) is 8.60. The second-order valence-electron chi connectivity index (χ2n) is 11.0. The van der Waals surface area contributed by atoms with Crippen molar-refractivity contribution >= 4 is 43.2 Å². The van der Waals surface area contributed by atoms with Crippen LogP contribution in [0.2, 0.25) is 0 Å². The van der Waals surface area contributed by atoms with E-state index in [4.69, 9.17) is 0 Å². The van der Waals surface area contributed by atoms with Crippen LogP contribution in [0.25, 0.3) is 56.0 Å². The van der Waals surface area contributed by atoms with Crippen molar-refractivity contribution in [2.75, 3.05) is 0 Å². The van der Waals surface area contributed by atoms with E-state index in [2.05, 4.69) is 146 Å². The van der Waals surface area contributed by atoms with Crippen LogP contribution in [0.4, 0.5) is 0 Å². The van der Waals surface area contributed by atoms with Crippen molar-refractivity contribution in [2.45, 2.75) is 18.0 Å². The van der Waals surface area contributed by atoms with E-state index < -0.39 is 0 Å². The Labute approximate surface area is 238 Å². The molecule has 0 heterocycles. The molecule has 2 unspecified atom stereocenters. The molecule has 188 valence electrons. The predicted molar refractivity (Wildman–Crippen MR) is 173 cm³/mol. The lowest BCUT2D eigenvalue weighted by Gasteiger charge is -2.20. The van der Waals surface area contributed by atoms with Gasteiger partial charge in [-0.05, 0) is 84.1 Å². The first-order valence-corrected chi connectivity index (χ1v) is 15.3. The molecule has 2 aliphatic rings. The molecule has 6 aromatic rings. The quantitative estimate of drug-likeness (QED) is 0.201. The highest BCUT2D eigenvalue weighted by Crippen LogP contribution is 2.46. The van der Waals surface area contributed by atoms with E-state index >= 15 is 0 Å². The zero-order chi connectivity index (χ0) is 26.6. The molecule has 0 fully saturated rings. The standard InChI is InChI=1S/C39H28Si/c1-25-24-37-33(31-17-7-13-27-11-3-5-15-29(27)31)19-9-21-36(37)39(25)40-38-23-22-34-32(18-8-20-35(34)38)30-16-6-12-26-10-2-4-14-28(26)30/h2-24,38-39H,1H3. The van der Waals surface area contributed by atoms with Crippen LogP contribution in [-0.2, 0) is 0 Å². The number of rotatable bonds is 4. The average Bonchev–Trinajstić information content (AvgIpc) is 3.57. The van der Waals surface area contributed by atoms with Crippen LogP contribution >= 0.6 is 0 Å². The molecule has 0 aliphatic heterocycles. The van der Waals surface area contributed by atoms with Crippen LogP contribution in [0.15, 0.2) is 133 Å². The van der Waals surface area contributed by atoms with Crippen molar-refractivity contribution in [3.63, 3.8) is 0 Å². The van der Waals surface area contributed by atoms with Gasteiger partial charge < -0.3 is 0 Å². The summed E-state index contributed by atoms with van der Waals surface area (Å²) in [6, 6.07) is 44.6. The second kappa shape index (κ2) is 9.33. The van der Waals surface area contributed by atoms with E-state index in [-0.39, 0.29) is 0 Å². The topological polar surface area (TPSA) is 0 Å². The molecule has 0 N–H and O–H groups in total. The Hall–Kier alpha value is -4.46. The van der Waals surface area contributed by atoms with Gasteiger partial charge in [0, 0.05) is 0 Å². The van der Waals surface area contributed by atoms with Crippen LogP contribution < -0.4 is 0 Å². The molecule has 0 nitrogen and oxygen atoms in total. The molecule has 40 heavy (non-hydrogen) atoms. The monoisotopic (exact) mass is 524 g/mol. The SMILES string of the molecule is CC1=Cc2c(-c3cccc4ccccc34)cccc2C1[Si]C1C=Cc2c(-c3cccc4ccccc34)cccc21. The molecular weight excluding hydrogens is 497 g/mol. The Morgan fingerprint density at radius 3 is 1.70 bits per heavy atom. The normalized spacial score (nSPS) is 17.3. The minimum atomic E-state index is 0.436. The number of hydrogen-bond acceptors (Lipinski definition) is 0. The van der Waals surface area contributed by atoms with Gasteiger partial charge in [0.25, 0.3) is 0 Å². The number of hydrogen-bond donors (Lipinski definition) is 0. The first-order valence-electron chi connectivity index (χ1n) is 14.1. The Bertz CT molecular complexity index is 2000. The lowest BCUT2D eigenvalue weighted by atomic mass is 9.93. The van der Waals surface area contributed by atoms with Gasteiger partial charge in [0.05, 0.1) is 9.52 Å². The van der Waals surface area contributed by atoms with Crippen molar-refractivity contribution in [1.82, 2.24) is 0 Å². The maximum atomic E-state index is 2.46. The van der Waals surface area contributed by atoms with Crippen LogP contribution in [-0.4, -0.2) is 9.52 Å². The lowest BCUT2D eigenvalue weighted by molar-refractivity contribution is 1.07. The van der Waals surface area contributed by atoms with Crippen molar-refractivity contribution < 1.29 is 0 Å². The predicted octanol–water partition coefficient (Wildman–Crippen LogP) is 10.3. The van der Waals surface area contributed by atoms with Crippen LogP contribution in [0.3, 0.4) is 0 Å². The highest BCUT2D eigenvalue weighted by Gasteiger charge is 2.30. The van der Waals surface area contributed by atoms with Gasteiger partial charge in [-0.15, -0.1) is 0 Å². The molecule has 0 aromatic heterocycles. The molecule has 8 rings (SSSR count). The van der Waals surface area contributed by atoms with E-state index in [1.54, 1.807) is 0 Å². The van der Waals surface area contributed by atoms with Gasteiger partial charge >= 0.3 is 0 Å². The second-order valence-corrected chi connectivity index (χ2v) is 12.5.